The number of carbonyl (C=O) groups is 1. The molecular formula is C28H33N3O3. The zero-order valence-corrected chi connectivity index (χ0v) is 20.1. The average molecular weight is 460 g/mol. The summed E-state index contributed by atoms with van der Waals surface area (Å²) in [6.07, 6.45) is 5.53. The topological polar surface area (TPSA) is 64.5 Å². The summed E-state index contributed by atoms with van der Waals surface area (Å²) in [4.78, 5) is 24.3. The molecule has 1 saturated heterocycles. The molecule has 0 amide bonds. The van der Waals surface area contributed by atoms with Gasteiger partial charge in [-0.1, -0.05) is 24.3 Å². The van der Waals surface area contributed by atoms with E-state index in [4.69, 9.17) is 19.4 Å². The van der Waals surface area contributed by atoms with E-state index in [9.17, 15) is 4.79 Å². The van der Waals surface area contributed by atoms with Gasteiger partial charge in [0.05, 0.1) is 19.2 Å². The van der Waals surface area contributed by atoms with Crippen molar-refractivity contribution in [2.24, 2.45) is 0 Å². The van der Waals surface area contributed by atoms with Crippen molar-refractivity contribution in [3.8, 4) is 5.75 Å². The summed E-state index contributed by atoms with van der Waals surface area (Å²) in [5, 5.41) is 1.08. The van der Waals surface area contributed by atoms with Gasteiger partial charge in [0.2, 0.25) is 0 Å². The number of anilines is 1. The monoisotopic (exact) mass is 459 g/mol. The number of para-hydroxylation sites is 1. The molecule has 0 N–H and O–H groups in total. The van der Waals surface area contributed by atoms with Gasteiger partial charge in [-0.25, -0.2) is 9.97 Å². The zero-order valence-electron chi connectivity index (χ0n) is 20.1. The molecule has 1 aromatic heterocycles. The predicted molar refractivity (Wildman–Crippen MR) is 134 cm³/mol. The fraction of sp³-hybridized carbons (Fsp3) is 0.464. The first-order chi connectivity index (χ1) is 16.7. The predicted octanol–water partition coefficient (Wildman–Crippen LogP) is 5.40. The number of carbonyl (C=O) groups excluding carboxylic acids is 1. The number of esters is 1. The van der Waals surface area contributed by atoms with Gasteiger partial charge in [0.15, 0.2) is 0 Å². The molecule has 34 heavy (non-hydrogen) atoms. The maximum Gasteiger partial charge on any atom is 0.306 e. The highest BCUT2D eigenvalue weighted by Gasteiger charge is 2.30. The molecule has 2 aromatic carbocycles. The van der Waals surface area contributed by atoms with E-state index in [-0.39, 0.29) is 5.97 Å². The van der Waals surface area contributed by atoms with Crippen molar-refractivity contribution in [1.29, 1.82) is 0 Å². The molecule has 3 aromatic rings. The first-order valence-electron chi connectivity index (χ1n) is 12.5. The third-order valence-electron chi connectivity index (χ3n) is 7.00. The summed E-state index contributed by atoms with van der Waals surface area (Å²) in [7, 11) is 1.75. The molecule has 6 heteroatoms. The van der Waals surface area contributed by atoms with Gasteiger partial charge in [-0.05, 0) is 74.3 Å². The van der Waals surface area contributed by atoms with Gasteiger partial charge in [-0.15, -0.1) is 0 Å². The van der Waals surface area contributed by atoms with Gasteiger partial charge >= 0.3 is 5.97 Å². The summed E-state index contributed by atoms with van der Waals surface area (Å²) in [5.41, 5.74) is 3.42. The van der Waals surface area contributed by atoms with E-state index in [0.29, 0.717) is 31.3 Å². The van der Waals surface area contributed by atoms with Gasteiger partial charge < -0.3 is 14.4 Å². The maximum atomic E-state index is 11.9. The number of ether oxygens (including phenoxy) is 2. The van der Waals surface area contributed by atoms with Gasteiger partial charge in [-0.2, -0.15) is 0 Å². The molecule has 1 saturated carbocycles. The Hall–Kier alpha value is -3.15. The van der Waals surface area contributed by atoms with E-state index in [1.165, 1.54) is 18.4 Å². The standard InChI is InChI=1S/C28H33N3O3/c1-3-34-26(32)13-9-19-8-12-24-23(18-19)28(30-27(29-24)21-10-11-21)31-16-14-20(15-17-31)22-6-4-5-7-25(22)33-2/h4-8,12,18,20-21H,3,9-11,13-17H2,1-2H3. The molecular weight excluding hydrogens is 426 g/mol. The minimum Gasteiger partial charge on any atom is -0.496 e. The molecule has 0 spiro atoms. The second-order valence-corrected chi connectivity index (χ2v) is 9.34. The van der Waals surface area contributed by atoms with Crippen LogP contribution in [0.4, 0.5) is 5.82 Å². The molecule has 0 atom stereocenters. The molecule has 0 radical (unpaired) electrons. The number of piperidine rings is 1. The first kappa shape index (κ1) is 22.6. The third-order valence-corrected chi connectivity index (χ3v) is 7.00. The lowest BCUT2D eigenvalue weighted by Crippen LogP contribution is -2.34. The van der Waals surface area contributed by atoms with E-state index >= 15 is 0 Å². The molecule has 1 aliphatic heterocycles. The molecule has 6 nitrogen and oxygen atoms in total. The molecule has 2 heterocycles. The Bertz CT molecular complexity index is 1170. The number of hydrogen-bond acceptors (Lipinski definition) is 6. The second kappa shape index (κ2) is 10.00. The highest BCUT2D eigenvalue weighted by molar-refractivity contribution is 5.90. The molecule has 2 fully saturated rings. The van der Waals surface area contributed by atoms with Crippen LogP contribution in [-0.4, -0.2) is 42.7 Å². The average Bonchev–Trinajstić information content (AvgIpc) is 3.73. The molecule has 5 rings (SSSR count). The van der Waals surface area contributed by atoms with Crippen LogP contribution >= 0.6 is 0 Å². The van der Waals surface area contributed by atoms with Crippen LogP contribution in [0, 0.1) is 0 Å². The number of aromatic nitrogens is 2. The van der Waals surface area contributed by atoms with Crippen LogP contribution < -0.4 is 9.64 Å². The van der Waals surface area contributed by atoms with Crippen molar-refractivity contribution in [3.05, 3.63) is 59.4 Å². The summed E-state index contributed by atoms with van der Waals surface area (Å²) >= 11 is 0. The maximum absolute atomic E-state index is 11.9. The summed E-state index contributed by atoms with van der Waals surface area (Å²) < 4.78 is 10.7. The number of methoxy groups -OCH3 is 1. The van der Waals surface area contributed by atoms with Crippen molar-refractivity contribution < 1.29 is 14.3 Å². The van der Waals surface area contributed by atoms with E-state index in [1.54, 1.807) is 7.11 Å². The SMILES string of the molecule is CCOC(=O)CCc1ccc2nc(C3CC3)nc(N3CCC(c4ccccc4OC)CC3)c2c1. The lowest BCUT2D eigenvalue weighted by molar-refractivity contribution is -0.143. The van der Waals surface area contributed by atoms with Crippen molar-refractivity contribution in [2.45, 2.75) is 57.3 Å². The Balaban J connectivity index is 1.40. The number of fused-ring (bicyclic) bond motifs is 1. The van der Waals surface area contributed by atoms with Gasteiger partial charge in [0.1, 0.15) is 17.4 Å². The lowest BCUT2D eigenvalue weighted by atomic mass is 9.88. The molecule has 2 aliphatic rings. The number of aryl methyl sites for hydroxylation is 1. The van der Waals surface area contributed by atoms with E-state index < -0.39 is 0 Å². The van der Waals surface area contributed by atoms with Crippen LogP contribution in [0.5, 0.6) is 5.75 Å². The number of nitrogens with zero attached hydrogens (tertiary/aromatic N) is 3. The molecule has 1 aliphatic carbocycles. The van der Waals surface area contributed by atoms with E-state index in [0.717, 1.165) is 59.8 Å². The Morgan fingerprint density at radius 2 is 1.82 bits per heavy atom. The summed E-state index contributed by atoms with van der Waals surface area (Å²) in [6.45, 7) is 4.16. The quantitative estimate of drug-likeness (QED) is 0.421. The highest BCUT2D eigenvalue weighted by atomic mass is 16.5. The first-order valence-corrected chi connectivity index (χ1v) is 12.5. The van der Waals surface area contributed by atoms with Crippen LogP contribution in [0.1, 0.15) is 67.8 Å². The van der Waals surface area contributed by atoms with Gasteiger partial charge in [0.25, 0.3) is 0 Å². The normalized spacial score (nSPS) is 16.6. The Kier molecular flexibility index (Phi) is 6.66. The molecule has 0 unspecified atom stereocenters. The number of hydrogen-bond donors (Lipinski definition) is 0. The minimum absolute atomic E-state index is 0.151. The van der Waals surface area contributed by atoms with E-state index in [1.807, 2.05) is 13.0 Å². The number of benzene rings is 2. The second-order valence-electron chi connectivity index (χ2n) is 9.34. The van der Waals surface area contributed by atoms with Gasteiger partial charge in [0, 0.05) is 30.8 Å². The van der Waals surface area contributed by atoms with Crippen LogP contribution in [0.3, 0.4) is 0 Å². The van der Waals surface area contributed by atoms with Crippen molar-refractivity contribution >= 4 is 22.7 Å². The zero-order chi connectivity index (χ0) is 23.5. The van der Waals surface area contributed by atoms with Crippen molar-refractivity contribution in [1.82, 2.24) is 9.97 Å². The van der Waals surface area contributed by atoms with Crippen molar-refractivity contribution in [3.63, 3.8) is 0 Å². The van der Waals surface area contributed by atoms with E-state index in [2.05, 4.69) is 41.3 Å². The summed E-state index contributed by atoms with van der Waals surface area (Å²) in [5.74, 6) is 3.84. The van der Waals surface area contributed by atoms with Crippen LogP contribution in [0.2, 0.25) is 0 Å². The molecule has 0 bridgehead atoms. The fourth-order valence-corrected chi connectivity index (χ4v) is 4.98. The van der Waals surface area contributed by atoms with Crippen LogP contribution in [0.25, 0.3) is 10.9 Å². The number of rotatable bonds is 8. The lowest BCUT2D eigenvalue weighted by Gasteiger charge is -2.34. The van der Waals surface area contributed by atoms with Crippen LogP contribution in [0.15, 0.2) is 42.5 Å². The highest BCUT2D eigenvalue weighted by Crippen LogP contribution is 2.41. The Morgan fingerprint density at radius 3 is 2.56 bits per heavy atom. The van der Waals surface area contributed by atoms with Crippen LogP contribution in [-0.2, 0) is 16.0 Å². The third kappa shape index (κ3) is 4.86. The fourth-order valence-electron chi connectivity index (χ4n) is 4.98. The largest absolute Gasteiger partial charge is 0.496 e. The smallest absolute Gasteiger partial charge is 0.306 e. The van der Waals surface area contributed by atoms with Gasteiger partial charge in [-0.3, -0.25) is 4.79 Å². The molecule has 178 valence electrons. The minimum atomic E-state index is -0.151. The summed E-state index contributed by atoms with van der Waals surface area (Å²) in [6, 6.07) is 14.7. The Morgan fingerprint density at radius 1 is 1.03 bits per heavy atom. The Labute approximate surface area is 201 Å². The van der Waals surface area contributed by atoms with Crippen molar-refractivity contribution in [2.75, 3.05) is 31.7 Å².